The van der Waals surface area contributed by atoms with Crippen molar-refractivity contribution in [3.63, 3.8) is 0 Å². The Hall–Kier alpha value is -0.870. The topological polar surface area (TPSA) is 49.8 Å². The standard InChI is InChI=1S/C7H11NO3/c1-2-11-7(9)6-4-3-5-8(6)10/h2,6,10H,1,3-5H2. The van der Waals surface area contributed by atoms with E-state index >= 15 is 0 Å². The van der Waals surface area contributed by atoms with Gasteiger partial charge in [0.2, 0.25) is 0 Å². The lowest BCUT2D eigenvalue weighted by molar-refractivity contribution is -0.161. The van der Waals surface area contributed by atoms with Crippen molar-refractivity contribution in [3.8, 4) is 0 Å². The molecule has 1 aliphatic rings. The van der Waals surface area contributed by atoms with Crippen LogP contribution >= 0.6 is 0 Å². The van der Waals surface area contributed by atoms with Gasteiger partial charge in [-0.1, -0.05) is 6.58 Å². The van der Waals surface area contributed by atoms with Crippen molar-refractivity contribution in [2.24, 2.45) is 0 Å². The van der Waals surface area contributed by atoms with E-state index in [0.29, 0.717) is 13.0 Å². The van der Waals surface area contributed by atoms with Crippen LogP contribution in [0.1, 0.15) is 12.8 Å². The molecule has 0 saturated carbocycles. The van der Waals surface area contributed by atoms with Crippen molar-refractivity contribution in [2.75, 3.05) is 6.54 Å². The van der Waals surface area contributed by atoms with Crippen LogP contribution in [0, 0.1) is 0 Å². The average molecular weight is 157 g/mol. The van der Waals surface area contributed by atoms with Crippen molar-refractivity contribution >= 4 is 5.97 Å². The van der Waals surface area contributed by atoms with E-state index in [9.17, 15) is 4.79 Å². The van der Waals surface area contributed by atoms with Crippen molar-refractivity contribution in [1.82, 2.24) is 5.06 Å². The molecule has 0 aromatic carbocycles. The highest BCUT2D eigenvalue weighted by atomic mass is 16.5. The molecule has 1 heterocycles. The summed E-state index contributed by atoms with van der Waals surface area (Å²) in [5.41, 5.74) is 0. The molecule has 1 unspecified atom stereocenters. The second kappa shape index (κ2) is 3.50. The molecule has 1 fully saturated rings. The lowest BCUT2D eigenvalue weighted by Gasteiger charge is -2.13. The third-order valence-corrected chi connectivity index (χ3v) is 1.70. The van der Waals surface area contributed by atoms with Crippen LogP contribution in [0.25, 0.3) is 0 Å². The fourth-order valence-electron chi connectivity index (χ4n) is 1.15. The Labute approximate surface area is 65.0 Å². The van der Waals surface area contributed by atoms with Gasteiger partial charge in [0.25, 0.3) is 0 Å². The summed E-state index contributed by atoms with van der Waals surface area (Å²) in [6.45, 7) is 3.79. The number of nitrogens with zero attached hydrogens (tertiary/aromatic N) is 1. The quantitative estimate of drug-likeness (QED) is 0.469. The van der Waals surface area contributed by atoms with Crippen LogP contribution in [-0.2, 0) is 9.53 Å². The van der Waals surface area contributed by atoms with E-state index in [4.69, 9.17) is 5.21 Å². The molecule has 0 aliphatic carbocycles. The van der Waals surface area contributed by atoms with E-state index in [1.54, 1.807) is 0 Å². The number of hydroxylamine groups is 2. The molecule has 1 aliphatic heterocycles. The van der Waals surface area contributed by atoms with Gasteiger partial charge in [0.15, 0.2) is 0 Å². The minimum absolute atomic E-state index is 0.431. The highest BCUT2D eigenvalue weighted by molar-refractivity contribution is 5.76. The summed E-state index contributed by atoms with van der Waals surface area (Å²) in [4.78, 5) is 11.0. The molecule has 0 bridgehead atoms. The molecule has 0 radical (unpaired) electrons. The first-order chi connectivity index (χ1) is 5.25. The van der Waals surface area contributed by atoms with E-state index in [1.165, 1.54) is 0 Å². The summed E-state index contributed by atoms with van der Waals surface area (Å²) in [6, 6.07) is -0.493. The minimum atomic E-state index is -0.493. The average Bonchev–Trinajstić information content (AvgIpc) is 2.36. The SMILES string of the molecule is C=COC(=O)C1CCCN1O. The molecule has 1 rings (SSSR count). The molecule has 1 saturated heterocycles. The van der Waals surface area contributed by atoms with Crippen LogP contribution in [0.4, 0.5) is 0 Å². The van der Waals surface area contributed by atoms with Gasteiger partial charge in [0.1, 0.15) is 6.04 Å². The lowest BCUT2D eigenvalue weighted by Crippen LogP contribution is -2.33. The fourth-order valence-corrected chi connectivity index (χ4v) is 1.15. The Balaban J connectivity index is 2.45. The second-order valence-electron chi connectivity index (χ2n) is 2.42. The number of carbonyl (C=O) groups is 1. The molecule has 11 heavy (non-hydrogen) atoms. The van der Waals surface area contributed by atoms with E-state index in [1.807, 2.05) is 0 Å². The zero-order valence-corrected chi connectivity index (χ0v) is 6.19. The third kappa shape index (κ3) is 1.78. The summed E-state index contributed by atoms with van der Waals surface area (Å²) in [5, 5.41) is 10.1. The van der Waals surface area contributed by atoms with Gasteiger partial charge in [-0.05, 0) is 12.8 Å². The van der Waals surface area contributed by atoms with Crippen molar-refractivity contribution in [1.29, 1.82) is 0 Å². The molecule has 62 valence electrons. The maximum atomic E-state index is 11.0. The summed E-state index contributed by atoms with van der Waals surface area (Å²) < 4.78 is 4.52. The van der Waals surface area contributed by atoms with Gasteiger partial charge in [-0.2, -0.15) is 5.06 Å². The molecule has 4 heteroatoms. The van der Waals surface area contributed by atoms with Gasteiger partial charge in [-0.15, -0.1) is 0 Å². The Morgan fingerprint density at radius 1 is 1.82 bits per heavy atom. The van der Waals surface area contributed by atoms with Crippen LogP contribution in [-0.4, -0.2) is 28.8 Å². The predicted molar refractivity (Wildman–Crippen MR) is 37.8 cm³/mol. The minimum Gasteiger partial charge on any atom is -0.434 e. The van der Waals surface area contributed by atoms with Gasteiger partial charge in [-0.3, -0.25) is 0 Å². The Morgan fingerprint density at radius 2 is 2.55 bits per heavy atom. The third-order valence-electron chi connectivity index (χ3n) is 1.70. The smallest absolute Gasteiger partial charge is 0.330 e. The monoisotopic (exact) mass is 157 g/mol. The van der Waals surface area contributed by atoms with Crippen LogP contribution in [0.5, 0.6) is 0 Å². The van der Waals surface area contributed by atoms with Crippen molar-refractivity contribution in [2.45, 2.75) is 18.9 Å². The second-order valence-corrected chi connectivity index (χ2v) is 2.42. The molecule has 0 aromatic heterocycles. The van der Waals surface area contributed by atoms with Crippen LogP contribution < -0.4 is 0 Å². The summed E-state index contributed by atoms with van der Waals surface area (Å²) >= 11 is 0. The lowest BCUT2D eigenvalue weighted by atomic mass is 10.2. The maximum absolute atomic E-state index is 11.0. The molecular weight excluding hydrogens is 146 g/mol. The van der Waals surface area contributed by atoms with Crippen molar-refractivity contribution in [3.05, 3.63) is 12.8 Å². The molecule has 1 atom stereocenters. The number of hydrogen-bond acceptors (Lipinski definition) is 4. The first kappa shape index (κ1) is 8.23. The first-order valence-corrected chi connectivity index (χ1v) is 3.52. The highest BCUT2D eigenvalue weighted by Gasteiger charge is 2.30. The molecule has 0 spiro atoms. The van der Waals surface area contributed by atoms with Crippen molar-refractivity contribution < 1.29 is 14.7 Å². The molecule has 4 nitrogen and oxygen atoms in total. The van der Waals surface area contributed by atoms with E-state index in [-0.39, 0.29) is 0 Å². The van der Waals surface area contributed by atoms with E-state index < -0.39 is 12.0 Å². The fraction of sp³-hybridized carbons (Fsp3) is 0.571. The van der Waals surface area contributed by atoms with Crippen LogP contribution in [0.3, 0.4) is 0 Å². The van der Waals surface area contributed by atoms with Gasteiger partial charge >= 0.3 is 5.97 Å². The van der Waals surface area contributed by atoms with Crippen LogP contribution in [0.2, 0.25) is 0 Å². The van der Waals surface area contributed by atoms with Gasteiger partial charge in [0, 0.05) is 6.54 Å². The summed E-state index contributed by atoms with van der Waals surface area (Å²) in [6.07, 6.45) is 2.56. The molecule has 0 amide bonds. The molecule has 0 aromatic rings. The normalized spacial score (nSPS) is 25.0. The van der Waals surface area contributed by atoms with E-state index in [0.717, 1.165) is 17.7 Å². The summed E-state index contributed by atoms with van der Waals surface area (Å²) in [5.74, 6) is -0.431. The highest BCUT2D eigenvalue weighted by Crippen LogP contribution is 2.15. The predicted octanol–water partition coefficient (Wildman–Crippen LogP) is 0.527. The molecular formula is C7H11NO3. The number of ether oxygens (including phenoxy) is 1. The zero-order valence-electron chi connectivity index (χ0n) is 6.19. The van der Waals surface area contributed by atoms with Crippen LogP contribution in [0.15, 0.2) is 12.8 Å². The number of rotatable bonds is 2. The van der Waals surface area contributed by atoms with Gasteiger partial charge in [0.05, 0.1) is 6.26 Å². The number of carbonyl (C=O) groups excluding carboxylic acids is 1. The zero-order chi connectivity index (χ0) is 8.27. The molecule has 1 N–H and O–H groups in total. The van der Waals surface area contributed by atoms with Gasteiger partial charge < -0.3 is 9.94 Å². The van der Waals surface area contributed by atoms with Gasteiger partial charge in [-0.25, -0.2) is 4.79 Å². The number of esters is 1. The first-order valence-electron chi connectivity index (χ1n) is 3.52. The largest absolute Gasteiger partial charge is 0.434 e. The number of hydrogen-bond donors (Lipinski definition) is 1. The Bertz CT molecular complexity index is 169. The van der Waals surface area contributed by atoms with E-state index in [2.05, 4.69) is 11.3 Å². The Kier molecular flexibility index (Phi) is 2.62. The Morgan fingerprint density at radius 3 is 3.00 bits per heavy atom. The summed E-state index contributed by atoms with van der Waals surface area (Å²) in [7, 11) is 0. The maximum Gasteiger partial charge on any atom is 0.330 e.